The fourth-order valence-corrected chi connectivity index (χ4v) is 3.58. The topological polar surface area (TPSA) is 97.4 Å². The number of nitrogens with one attached hydrogen (secondary N) is 4. The molecule has 0 saturated carbocycles. The van der Waals surface area contributed by atoms with Crippen molar-refractivity contribution in [2.24, 2.45) is 10.4 Å². The Morgan fingerprint density at radius 1 is 1.29 bits per heavy atom. The minimum atomic E-state index is -1.16. The second-order valence-corrected chi connectivity index (χ2v) is 8.41. The molecule has 0 spiro atoms. The third-order valence-electron chi connectivity index (χ3n) is 5.39. The van der Waals surface area contributed by atoms with Gasteiger partial charge < -0.3 is 15.6 Å². The first-order chi connectivity index (χ1) is 14.7. The molecule has 5 N–H and O–H groups in total. The molecule has 1 aromatic heterocycles. The smallest absolute Gasteiger partial charge is 0.201 e. The van der Waals surface area contributed by atoms with Crippen LogP contribution in [0.25, 0.3) is 11.0 Å². The van der Waals surface area contributed by atoms with E-state index in [0.717, 1.165) is 18.7 Å². The number of nitrogens with zero attached hydrogens (tertiary/aromatic N) is 2. The first-order valence-corrected chi connectivity index (χ1v) is 9.86. The predicted octanol–water partition coefficient (Wildman–Crippen LogP) is 4.10. The molecular formula is C20H20ClF3N6O. The summed E-state index contributed by atoms with van der Waals surface area (Å²) >= 11 is 5.76. The van der Waals surface area contributed by atoms with Crippen molar-refractivity contribution < 1.29 is 18.4 Å². The van der Waals surface area contributed by atoms with E-state index in [1.165, 1.54) is 12.1 Å². The number of aliphatic imine (C=N–C) groups is 1. The van der Waals surface area contributed by atoms with E-state index in [4.69, 9.17) is 11.6 Å². The first kappa shape index (κ1) is 21.4. The summed E-state index contributed by atoms with van der Waals surface area (Å²) in [6, 6.07) is 4.73. The van der Waals surface area contributed by atoms with Gasteiger partial charge in [-0.2, -0.15) is 0 Å². The van der Waals surface area contributed by atoms with E-state index in [1.54, 1.807) is 0 Å². The van der Waals surface area contributed by atoms with Crippen LogP contribution in [0.5, 0.6) is 0 Å². The van der Waals surface area contributed by atoms with Gasteiger partial charge in [0.2, 0.25) is 5.95 Å². The maximum Gasteiger partial charge on any atom is 0.201 e. The van der Waals surface area contributed by atoms with Gasteiger partial charge in [0, 0.05) is 24.7 Å². The van der Waals surface area contributed by atoms with Crippen LogP contribution in [0, 0.1) is 22.9 Å². The van der Waals surface area contributed by atoms with Gasteiger partial charge in [-0.05, 0) is 29.7 Å². The molecule has 1 unspecified atom stereocenters. The quantitative estimate of drug-likeness (QED) is 0.228. The molecule has 1 fully saturated rings. The van der Waals surface area contributed by atoms with Crippen LogP contribution >= 0.6 is 11.6 Å². The van der Waals surface area contributed by atoms with E-state index in [0.29, 0.717) is 6.54 Å². The van der Waals surface area contributed by atoms with Crippen molar-refractivity contribution in [2.45, 2.75) is 19.9 Å². The van der Waals surface area contributed by atoms with Crippen LogP contribution in [0.2, 0.25) is 5.02 Å². The number of fused-ring (bicyclic) bond motifs is 1. The van der Waals surface area contributed by atoms with Crippen LogP contribution in [0.3, 0.4) is 0 Å². The van der Waals surface area contributed by atoms with Crippen LogP contribution in [0.1, 0.15) is 19.4 Å². The van der Waals surface area contributed by atoms with E-state index in [2.05, 4.69) is 39.4 Å². The highest BCUT2D eigenvalue weighted by Gasteiger charge is 2.37. The lowest BCUT2D eigenvalue weighted by atomic mass is 9.77. The molecule has 2 aromatic carbocycles. The highest BCUT2D eigenvalue weighted by molar-refractivity contribution is 6.31. The number of hydrogen-bond acceptors (Lipinski definition) is 5. The molecule has 1 saturated heterocycles. The van der Waals surface area contributed by atoms with Crippen LogP contribution in [-0.4, -0.2) is 40.1 Å². The van der Waals surface area contributed by atoms with Crippen LogP contribution in [0.4, 0.5) is 24.8 Å². The van der Waals surface area contributed by atoms with Crippen LogP contribution in [-0.2, 0) is 0 Å². The zero-order valence-electron chi connectivity index (χ0n) is 16.7. The molecule has 0 amide bonds. The van der Waals surface area contributed by atoms with Crippen molar-refractivity contribution in [2.75, 3.05) is 18.4 Å². The molecule has 3 aromatic rings. The monoisotopic (exact) mass is 452 g/mol. The zero-order valence-corrected chi connectivity index (χ0v) is 17.4. The second kappa shape index (κ2) is 8.03. The number of hydroxylamine groups is 1. The number of anilines is 1. The van der Waals surface area contributed by atoms with Crippen LogP contribution < -0.4 is 16.1 Å². The Morgan fingerprint density at radius 2 is 2.06 bits per heavy atom. The van der Waals surface area contributed by atoms with E-state index in [-0.39, 0.29) is 50.5 Å². The lowest BCUT2D eigenvalue weighted by molar-refractivity contribution is 0.137. The molecule has 11 heteroatoms. The molecule has 31 heavy (non-hydrogen) atoms. The van der Waals surface area contributed by atoms with Gasteiger partial charge in [-0.25, -0.2) is 23.1 Å². The Bertz CT molecular complexity index is 1180. The average Bonchev–Trinajstić information content (AvgIpc) is 3.15. The lowest BCUT2D eigenvalue weighted by Gasteiger charge is -2.45. The van der Waals surface area contributed by atoms with Gasteiger partial charge in [-0.1, -0.05) is 25.4 Å². The number of H-pyrrole nitrogens is 1. The van der Waals surface area contributed by atoms with Gasteiger partial charge in [0.05, 0.1) is 16.2 Å². The van der Waals surface area contributed by atoms with Crippen molar-refractivity contribution >= 4 is 40.1 Å². The summed E-state index contributed by atoms with van der Waals surface area (Å²) in [6.45, 7) is 5.66. The molecule has 4 rings (SSSR count). The molecular weight excluding hydrogens is 433 g/mol. The minimum absolute atomic E-state index is 0.0273. The van der Waals surface area contributed by atoms with Gasteiger partial charge in [-0.15, -0.1) is 0 Å². The van der Waals surface area contributed by atoms with E-state index in [1.807, 2.05) is 5.48 Å². The maximum absolute atomic E-state index is 14.4. The molecule has 7 nitrogen and oxygen atoms in total. The molecule has 164 valence electrons. The van der Waals surface area contributed by atoms with Crippen molar-refractivity contribution in [3.05, 3.63) is 52.3 Å². The maximum atomic E-state index is 14.4. The normalized spacial score (nSPS) is 18.2. The molecule has 1 aliphatic heterocycles. The number of halogens is 4. The van der Waals surface area contributed by atoms with E-state index in [9.17, 15) is 18.4 Å². The van der Waals surface area contributed by atoms with Gasteiger partial charge >= 0.3 is 0 Å². The van der Waals surface area contributed by atoms with Gasteiger partial charge in [0.25, 0.3) is 0 Å². The van der Waals surface area contributed by atoms with E-state index >= 15 is 0 Å². The lowest BCUT2D eigenvalue weighted by Crippen LogP contribution is -2.62. The van der Waals surface area contributed by atoms with E-state index < -0.39 is 17.5 Å². The van der Waals surface area contributed by atoms with Crippen molar-refractivity contribution in [3.8, 4) is 0 Å². The average molecular weight is 453 g/mol. The largest absolute Gasteiger partial charge is 0.354 e. The standard InChI is InChI=1S/C20H20ClF3N6O/c1-20(2)8-26-14(20)7-25-19-28-16-10(6-13(23)15(24)17(16)29-19)18(30-31)27-9-3-4-12(22)11(21)5-9/h3-6,14,26,31H,7-8H2,1-2H3,(H,27,30)(H2,25,28,29). The Morgan fingerprint density at radius 3 is 2.68 bits per heavy atom. The van der Waals surface area contributed by atoms with Gasteiger partial charge in [0.15, 0.2) is 17.5 Å². The van der Waals surface area contributed by atoms with Crippen molar-refractivity contribution in [3.63, 3.8) is 0 Å². The summed E-state index contributed by atoms with van der Waals surface area (Å²) in [5.74, 6) is -2.90. The Kier molecular flexibility index (Phi) is 5.54. The number of amidine groups is 1. The molecule has 0 aliphatic carbocycles. The van der Waals surface area contributed by atoms with Crippen molar-refractivity contribution in [1.82, 2.24) is 20.8 Å². The fraction of sp³-hybridized carbons (Fsp3) is 0.300. The molecule has 2 heterocycles. The molecule has 0 radical (unpaired) electrons. The number of aromatic nitrogens is 2. The highest BCUT2D eigenvalue weighted by atomic mass is 35.5. The SMILES string of the molecule is CC1(C)CNC1CNc1nc2c(F)c(F)cc(C(=Nc3ccc(F)c(Cl)c3)NO)c2[nH]1. The Hall–Kier alpha value is -2.82. The fourth-order valence-electron chi connectivity index (χ4n) is 3.40. The number of imidazole rings is 1. The summed E-state index contributed by atoms with van der Waals surface area (Å²) in [6.07, 6.45) is 0. The number of rotatable bonds is 5. The molecule has 1 aliphatic rings. The van der Waals surface area contributed by atoms with Crippen LogP contribution in [0.15, 0.2) is 29.3 Å². The first-order valence-electron chi connectivity index (χ1n) is 9.49. The summed E-state index contributed by atoms with van der Waals surface area (Å²) in [5.41, 5.74) is 2.07. The number of hydrogen-bond donors (Lipinski definition) is 5. The second-order valence-electron chi connectivity index (χ2n) is 8.00. The Labute approximate surface area is 180 Å². The molecule has 1 atom stereocenters. The summed E-state index contributed by atoms with van der Waals surface area (Å²) in [4.78, 5) is 11.2. The summed E-state index contributed by atoms with van der Waals surface area (Å²) in [7, 11) is 0. The van der Waals surface area contributed by atoms with Crippen molar-refractivity contribution in [1.29, 1.82) is 0 Å². The zero-order chi connectivity index (χ0) is 22.3. The molecule has 0 bridgehead atoms. The highest BCUT2D eigenvalue weighted by Crippen LogP contribution is 2.29. The third-order valence-corrected chi connectivity index (χ3v) is 5.68. The Balaban J connectivity index is 1.72. The number of aromatic amines is 1. The third kappa shape index (κ3) is 4.06. The number of benzene rings is 2. The minimum Gasteiger partial charge on any atom is -0.354 e. The van der Waals surface area contributed by atoms with Gasteiger partial charge in [-0.3, -0.25) is 10.7 Å². The summed E-state index contributed by atoms with van der Waals surface area (Å²) in [5, 5.41) is 15.8. The summed E-state index contributed by atoms with van der Waals surface area (Å²) < 4.78 is 42.1. The van der Waals surface area contributed by atoms with Gasteiger partial charge in [0.1, 0.15) is 11.3 Å². The predicted molar refractivity (Wildman–Crippen MR) is 113 cm³/mol.